The summed E-state index contributed by atoms with van der Waals surface area (Å²) in [5, 5.41) is 10.4. The molecule has 0 saturated heterocycles. The van der Waals surface area contributed by atoms with Gasteiger partial charge in [-0.25, -0.2) is 4.39 Å². The zero-order chi connectivity index (χ0) is 13.8. The summed E-state index contributed by atoms with van der Waals surface area (Å²) in [5.41, 5.74) is 0. The number of hydrogen-bond acceptors (Lipinski definition) is 3. The molecular formula is C15H22FNO2. The molecule has 2 rings (SSSR count). The Morgan fingerprint density at radius 2 is 2.16 bits per heavy atom. The zero-order valence-corrected chi connectivity index (χ0v) is 11.6. The zero-order valence-electron chi connectivity index (χ0n) is 11.6. The van der Waals surface area contributed by atoms with E-state index in [0.717, 1.165) is 25.8 Å². The fraction of sp³-hybridized carbons (Fsp3) is 0.600. The Balaban J connectivity index is 1.99. The van der Waals surface area contributed by atoms with Gasteiger partial charge >= 0.3 is 0 Å². The Labute approximate surface area is 114 Å². The van der Waals surface area contributed by atoms with E-state index in [9.17, 15) is 9.50 Å². The molecule has 1 aromatic rings. The van der Waals surface area contributed by atoms with Gasteiger partial charge in [-0.1, -0.05) is 6.07 Å². The Hall–Kier alpha value is -1.13. The van der Waals surface area contributed by atoms with Crippen LogP contribution in [0.4, 0.5) is 4.39 Å². The van der Waals surface area contributed by atoms with E-state index in [0.29, 0.717) is 5.75 Å². The second-order valence-electron chi connectivity index (χ2n) is 5.56. The molecule has 106 valence electrons. The Kier molecular flexibility index (Phi) is 4.77. The molecule has 0 radical (unpaired) electrons. The lowest BCUT2D eigenvalue weighted by atomic mass is 9.84. The van der Waals surface area contributed by atoms with Gasteiger partial charge in [0.05, 0.1) is 6.10 Å². The first kappa shape index (κ1) is 14.3. The molecule has 1 N–H and O–H groups in total. The molecular weight excluding hydrogens is 245 g/mol. The van der Waals surface area contributed by atoms with E-state index in [1.54, 1.807) is 12.1 Å². The molecule has 0 spiro atoms. The molecule has 4 heteroatoms. The maximum absolute atomic E-state index is 13.1. The summed E-state index contributed by atoms with van der Waals surface area (Å²) in [7, 11) is 4.01. The fourth-order valence-electron chi connectivity index (χ4n) is 2.74. The minimum Gasteiger partial charge on any atom is -0.488 e. The lowest BCUT2D eigenvalue weighted by Crippen LogP contribution is -2.44. The van der Waals surface area contributed by atoms with Crippen LogP contribution in [0, 0.1) is 11.7 Å². The van der Waals surface area contributed by atoms with Crippen molar-refractivity contribution in [3.05, 3.63) is 30.1 Å². The maximum Gasteiger partial charge on any atom is 0.126 e. The van der Waals surface area contributed by atoms with Gasteiger partial charge in [0.15, 0.2) is 0 Å². The highest BCUT2D eigenvalue weighted by Gasteiger charge is 2.33. The van der Waals surface area contributed by atoms with Gasteiger partial charge in [0.1, 0.15) is 17.7 Å². The maximum atomic E-state index is 13.1. The monoisotopic (exact) mass is 267 g/mol. The van der Waals surface area contributed by atoms with Gasteiger partial charge in [0, 0.05) is 18.5 Å². The quantitative estimate of drug-likeness (QED) is 0.908. The summed E-state index contributed by atoms with van der Waals surface area (Å²) < 4.78 is 18.9. The molecule has 1 saturated carbocycles. The van der Waals surface area contributed by atoms with Crippen LogP contribution in [0.5, 0.6) is 5.75 Å². The molecule has 0 heterocycles. The first-order chi connectivity index (χ1) is 9.06. The molecule has 1 aromatic carbocycles. The molecule has 3 atom stereocenters. The van der Waals surface area contributed by atoms with Gasteiger partial charge in [-0.2, -0.15) is 0 Å². The van der Waals surface area contributed by atoms with E-state index in [-0.39, 0.29) is 17.8 Å². The third-order valence-corrected chi connectivity index (χ3v) is 3.61. The van der Waals surface area contributed by atoms with Crippen molar-refractivity contribution in [1.29, 1.82) is 0 Å². The van der Waals surface area contributed by atoms with Crippen molar-refractivity contribution in [3.8, 4) is 5.75 Å². The number of rotatable bonds is 4. The van der Waals surface area contributed by atoms with Crippen molar-refractivity contribution < 1.29 is 14.2 Å². The van der Waals surface area contributed by atoms with E-state index < -0.39 is 6.10 Å². The molecule has 0 aliphatic heterocycles. The Bertz CT molecular complexity index is 411. The number of aliphatic hydroxyl groups excluding tert-OH is 1. The van der Waals surface area contributed by atoms with Gasteiger partial charge < -0.3 is 14.7 Å². The highest BCUT2D eigenvalue weighted by molar-refractivity contribution is 5.22. The van der Waals surface area contributed by atoms with Crippen molar-refractivity contribution in [2.24, 2.45) is 5.92 Å². The van der Waals surface area contributed by atoms with E-state index in [1.807, 2.05) is 14.1 Å². The van der Waals surface area contributed by atoms with Crippen molar-refractivity contribution >= 4 is 0 Å². The molecule has 0 aromatic heterocycles. The molecule has 0 unspecified atom stereocenters. The summed E-state index contributed by atoms with van der Waals surface area (Å²) in [5.74, 6) is 0.407. The van der Waals surface area contributed by atoms with Gasteiger partial charge in [0.25, 0.3) is 0 Å². The van der Waals surface area contributed by atoms with Crippen molar-refractivity contribution in [2.45, 2.75) is 31.5 Å². The lowest BCUT2D eigenvalue weighted by Gasteiger charge is -2.36. The highest BCUT2D eigenvalue weighted by atomic mass is 19.1. The Morgan fingerprint density at radius 1 is 1.37 bits per heavy atom. The largest absolute Gasteiger partial charge is 0.488 e. The standard InChI is InChI=1S/C15H22FNO2/c1-17(2)10-11-5-3-8-14(15(11)18)19-13-7-4-6-12(16)9-13/h4,6-7,9,11,14-15,18H,3,5,8,10H2,1-2H3/t11-,14-,15-/m1/s1. The molecule has 1 aliphatic carbocycles. The molecule has 19 heavy (non-hydrogen) atoms. The fourth-order valence-corrected chi connectivity index (χ4v) is 2.74. The van der Waals surface area contributed by atoms with E-state index in [2.05, 4.69) is 4.90 Å². The summed E-state index contributed by atoms with van der Waals surface area (Å²) in [4.78, 5) is 2.08. The molecule has 0 bridgehead atoms. The van der Waals surface area contributed by atoms with E-state index >= 15 is 0 Å². The smallest absolute Gasteiger partial charge is 0.126 e. The average Bonchev–Trinajstić information content (AvgIpc) is 2.34. The molecule has 0 amide bonds. The summed E-state index contributed by atoms with van der Waals surface area (Å²) in [6, 6.07) is 6.10. The molecule has 1 aliphatic rings. The minimum absolute atomic E-state index is 0.224. The normalized spacial score (nSPS) is 27.5. The van der Waals surface area contributed by atoms with E-state index in [1.165, 1.54) is 12.1 Å². The number of halogens is 1. The van der Waals surface area contributed by atoms with Crippen LogP contribution in [-0.2, 0) is 0 Å². The third kappa shape index (κ3) is 3.91. The molecule has 1 fully saturated rings. The predicted molar refractivity (Wildman–Crippen MR) is 72.7 cm³/mol. The number of ether oxygens (including phenoxy) is 1. The minimum atomic E-state index is -0.487. The summed E-state index contributed by atoms with van der Waals surface area (Å²) in [6.07, 6.45) is 2.15. The third-order valence-electron chi connectivity index (χ3n) is 3.61. The predicted octanol–water partition coefficient (Wildman–Crippen LogP) is 2.30. The first-order valence-corrected chi connectivity index (χ1v) is 6.81. The van der Waals surface area contributed by atoms with Gasteiger partial charge in [-0.3, -0.25) is 0 Å². The number of hydrogen-bond donors (Lipinski definition) is 1. The number of benzene rings is 1. The van der Waals surface area contributed by atoms with Crippen molar-refractivity contribution in [3.63, 3.8) is 0 Å². The van der Waals surface area contributed by atoms with Crippen molar-refractivity contribution in [1.82, 2.24) is 4.90 Å². The summed E-state index contributed by atoms with van der Waals surface area (Å²) >= 11 is 0. The second kappa shape index (κ2) is 6.35. The number of aliphatic hydroxyl groups is 1. The van der Waals surface area contributed by atoms with Crippen LogP contribution >= 0.6 is 0 Å². The van der Waals surface area contributed by atoms with Gasteiger partial charge in [0.2, 0.25) is 0 Å². The SMILES string of the molecule is CN(C)C[C@H]1CCC[C@@H](Oc2cccc(F)c2)[C@@H]1O. The first-order valence-electron chi connectivity index (χ1n) is 6.81. The van der Waals surface area contributed by atoms with Crippen LogP contribution in [0.2, 0.25) is 0 Å². The van der Waals surface area contributed by atoms with Crippen LogP contribution in [-0.4, -0.2) is 42.9 Å². The van der Waals surface area contributed by atoms with Crippen LogP contribution in [0.3, 0.4) is 0 Å². The van der Waals surface area contributed by atoms with Crippen LogP contribution in [0.15, 0.2) is 24.3 Å². The molecule has 3 nitrogen and oxygen atoms in total. The Morgan fingerprint density at radius 3 is 2.84 bits per heavy atom. The van der Waals surface area contributed by atoms with E-state index in [4.69, 9.17) is 4.74 Å². The van der Waals surface area contributed by atoms with Crippen LogP contribution in [0.1, 0.15) is 19.3 Å². The number of nitrogens with zero attached hydrogens (tertiary/aromatic N) is 1. The summed E-state index contributed by atoms with van der Waals surface area (Å²) in [6.45, 7) is 0.851. The van der Waals surface area contributed by atoms with Gasteiger partial charge in [-0.15, -0.1) is 0 Å². The highest BCUT2D eigenvalue weighted by Crippen LogP contribution is 2.28. The average molecular weight is 267 g/mol. The topological polar surface area (TPSA) is 32.7 Å². The van der Waals surface area contributed by atoms with Crippen molar-refractivity contribution in [2.75, 3.05) is 20.6 Å². The van der Waals surface area contributed by atoms with Crippen LogP contribution in [0.25, 0.3) is 0 Å². The second-order valence-corrected chi connectivity index (χ2v) is 5.56. The van der Waals surface area contributed by atoms with Crippen LogP contribution < -0.4 is 4.74 Å². The van der Waals surface area contributed by atoms with Gasteiger partial charge in [-0.05, 0) is 45.5 Å². The lowest BCUT2D eigenvalue weighted by molar-refractivity contribution is -0.0373.